The molecule has 0 aliphatic carbocycles. The first-order chi connectivity index (χ1) is 9.70. The van der Waals surface area contributed by atoms with Crippen molar-refractivity contribution in [2.45, 2.75) is 6.92 Å². The zero-order valence-corrected chi connectivity index (χ0v) is 11.5. The van der Waals surface area contributed by atoms with Crippen molar-refractivity contribution >= 4 is 17.2 Å². The zero-order valence-electron chi connectivity index (χ0n) is 11.5. The van der Waals surface area contributed by atoms with Crippen molar-refractivity contribution in [3.8, 4) is 5.75 Å². The number of rotatable bonds is 2. The van der Waals surface area contributed by atoms with E-state index in [2.05, 4.69) is 4.99 Å². The molecule has 0 radical (unpaired) electrons. The molecule has 3 heteroatoms. The van der Waals surface area contributed by atoms with Crippen LogP contribution in [-0.4, -0.2) is 18.6 Å². The van der Waals surface area contributed by atoms with Crippen LogP contribution >= 0.6 is 0 Å². The van der Waals surface area contributed by atoms with E-state index in [4.69, 9.17) is 4.74 Å². The summed E-state index contributed by atoms with van der Waals surface area (Å²) in [6, 6.07) is 15.1. The number of fused-ring (bicyclic) bond motifs is 1. The number of nitrogens with zero attached hydrogens (tertiary/aromatic N) is 1. The fraction of sp³-hybridized carbons (Fsp3) is 0.176. The second-order valence-corrected chi connectivity index (χ2v) is 4.83. The minimum Gasteiger partial charge on any atom is -0.497 e. The highest BCUT2D eigenvalue weighted by Crippen LogP contribution is 2.30. The summed E-state index contributed by atoms with van der Waals surface area (Å²) < 4.78 is 5.15. The van der Waals surface area contributed by atoms with E-state index in [0.717, 1.165) is 22.7 Å². The molecule has 2 aromatic carbocycles. The molecule has 0 N–H and O–H groups in total. The van der Waals surface area contributed by atoms with Gasteiger partial charge < -0.3 is 4.74 Å². The maximum Gasteiger partial charge on any atom is 0.173 e. The molecule has 1 unspecified atom stereocenters. The molecule has 0 bridgehead atoms. The number of ketones is 1. The van der Waals surface area contributed by atoms with Gasteiger partial charge in [-0.2, -0.15) is 0 Å². The maximum atomic E-state index is 12.4. The third-order valence-corrected chi connectivity index (χ3v) is 3.60. The summed E-state index contributed by atoms with van der Waals surface area (Å²) in [6.45, 7) is 1.90. The van der Waals surface area contributed by atoms with E-state index in [0.29, 0.717) is 5.56 Å². The van der Waals surface area contributed by atoms with E-state index in [9.17, 15) is 4.79 Å². The first-order valence-corrected chi connectivity index (χ1v) is 6.57. The van der Waals surface area contributed by atoms with Gasteiger partial charge in [-0.1, -0.05) is 12.1 Å². The largest absolute Gasteiger partial charge is 0.497 e. The van der Waals surface area contributed by atoms with E-state index in [1.807, 2.05) is 55.5 Å². The quantitative estimate of drug-likeness (QED) is 0.831. The highest BCUT2D eigenvalue weighted by Gasteiger charge is 2.28. The number of Topliss-reactive ketones (excluding diaryl/α,β-unsaturated/α-hetero) is 1. The number of benzene rings is 2. The van der Waals surface area contributed by atoms with Crippen molar-refractivity contribution < 1.29 is 9.53 Å². The van der Waals surface area contributed by atoms with Gasteiger partial charge in [-0.25, -0.2) is 0 Å². The smallest absolute Gasteiger partial charge is 0.173 e. The van der Waals surface area contributed by atoms with Crippen LogP contribution in [0, 0.1) is 5.92 Å². The lowest BCUT2D eigenvalue weighted by Gasteiger charge is -2.21. The summed E-state index contributed by atoms with van der Waals surface area (Å²) in [6.07, 6.45) is 0. The molecule has 100 valence electrons. The average Bonchev–Trinajstić information content (AvgIpc) is 2.51. The number of carbonyl (C=O) groups excluding carboxylic acids is 1. The molecule has 0 aromatic heterocycles. The van der Waals surface area contributed by atoms with Crippen molar-refractivity contribution in [2.24, 2.45) is 10.9 Å². The predicted octanol–water partition coefficient (Wildman–Crippen LogP) is 3.65. The normalized spacial score (nSPS) is 17.4. The Bertz CT molecular complexity index is 686. The van der Waals surface area contributed by atoms with E-state index in [-0.39, 0.29) is 11.7 Å². The van der Waals surface area contributed by atoms with Gasteiger partial charge in [-0.15, -0.1) is 0 Å². The topological polar surface area (TPSA) is 38.7 Å². The molecular formula is C17H15NO2. The molecule has 0 saturated heterocycles. The van der Waals surface area contributed by atoms with Gasteiger partial charge in [0.15, 0.2) is 5.78 Å². The molecule has 2 aromatic rings. The molecule has 0 saturated carbocycles. The number of methoxy groups -OCH3 is 1. The highest BCUT2D eigenvalue weighted by molar-refractivity contribution is 6.22. The fourth-order valence-electron chi connectivity index (χ4n) is 2.44. The SMILES string of the molecule is COc1ccc(C2=Nc3ccccc3C(=O)C2C)cc1. The zero-order chi connectivity index (χ0) is 14.1. The monoisotopic (exact) mass is 265 g/mol. The fourth-order valence-corrected chi connectivity index (χ4v) is 2.44. The summed E-state index contributed by atoms with van der Waals surface area (Å²) in [5.74, 6) is 0.698. The van der Waals surface area contributed by atoms with Crippen molar-refractivity contribution in [1.82, 2.24) is 0 Å². The standard InChI is InChI=1S/C17H15NO2/c1-11-16(12-7-9-13(20-2)10-8-12)18-15-6-4-3-5-14(15)17(11)19/h3-11H,1-2H3. The summed E-state index contributed by atoms with van der Waals surface area (Å²) in [4.78, 5) is 17.1. The lowest BCUT2D eigenvalue weighted by atomic mass is 9.87. The molecule has 3 rings (SSSR count). The Balaban J connectivity index is 2.09. The van der Waals surface area contributed by atoms with Gasteiger partial charge in [0.05, 0.1) is 24.4 Å². The van der Waals surface area contributed by atoms with Crippen LogP contribution in [0.25, 0.3) is 0 Å². The van der Waals surface area contributed by atoms with Crippen molar-refractivity contribution in [1.29, 1.82) is 0 Å². The molecule has 1 atom stereocenters. The van der Waals surface area contributed by atoms with Gasteiger partial charge in [-0.05, 0) is 48.9 Å². The number of hydrogen-bond acceptors (Lipinski definition) is 3. The van der Waals surface area contributed by atoms with Crippen LogP contribution in [0.3, 0.4) is 0 Å². The molecule has 0 spiro atoms. The summed E-state index contributed by atoms with van der Waals surface area (Å²) in [5, 5.41) is 0. The Morgan fingerprint density at radius 1 is 1.05 bits per heavy atom. The van der Waals surface area contributed by atoms with E-state index < -0.39 is 0 Å². The second kappa shape index (κ2) is 4.93. The Morgan fingerprint density at radius 3 is 2.45 bits per heavy atom. The molecule has 1 heterocycles. The van der Waals surface area contributed by atoms with Crippen LogP contribution in [0.5, 0.6) is 5.75 Å². The maximum absolute atomic E-state index is 12.4. The molecular weight excluding hydrogens is 250 g/mol. The predicted molar refractivity (Wildman–Crippen MR) is 79.1 cm³/mol. The van der Waals surface area contributed by atoms with E-state index in [1.54, 1.807) is 7.11 Å². The van der Waals surface area contributed by atoms with Crippen LogP contribution in [0.4, 0.5) is 5.69 Å². The Hall–Kier alpha value is -2.42. The van der Waals surface area contributed by atoms with Crippen LogP contribution in [-0.2, 0) is 0 Å². The van der Waals surface area contributed by atoms with Gasteiger partial charge in [0.2, 0.25) is 0 Å². The Kier molecular flexibility index (Phi) is 3.11. The van der Waals surface area contributed by atoms with Crippen molar-refractivity contribution in [3.05, 3.63) is 59.7 Å². The van der Waals surface area contributed by atoms with Crippen LogP contribution in [0.2, 0.25) is 0 Å². The minimum absolute atomic E-state index is 0.126. The Labute approximate surface area is 117 Å². The Morgan fingerprint density at radius 2 is 1.75 bits per heavy atom. The first-order valence-electron chi connectivity index (χ1n) is 6.57. The lowest BCUT2D eigenvalue weighted by Crippen LogP contribution is -2.25. The summed E-state index contributed by atoms with van der Waals surface area (Å²) >= 11 is 0. The van der Waals surface area contributed by atoms with Gasteiger partial charge >= 0.3 is 0 Å². The van der Waals surface area contributed by atoms with E-state index in [1.165, 1.54) is 0 Å². The van der Waals surface area contributed by atoms with Gasteiger partial charge in [0, 0.05) is 5.56 Å². The first kappa shape index (κ1) is 12.6. The average molecular weight is 265 g/mol. The molecule has 0 fully saturated rings. The third kappa shape index (κ3) is 2.01. The molecule has 20 heavy (non-hydrogen) atoms. The summed E-state index contributed by atoms with van der Waals surface area (Å²) in [7, 11) is 1.63. The van der Waals surface area contributed by atoms with Crippen molar-refractivity contribution in [2.75, 3.05) is 7.11 Å². The van der Waals surface area contributed by atoms with Crippen LogP contribution in [0.15, 0.2) is 53.5 Å². The third-order valence-electron chi connectivity index (χ3n) is 3.60. The van der Waals surface area contributed by atoms with Gasteiger partial charge in [0.25, 0.3) is 0 Å². The van der Waals surface area contributed by atoms with Crippen molar-refractivity contribution in [3.63, 3.8) is 0 Å². The minimum atomic E-state index is -0.224. The summed E-state index contributed by atoms with van der Waals surface area (Å²) in [5.41, 5.74) is 3.23. The van der Waals surface area contributed by atoms with Gasteiger partial charge in [0.1, 0.15) is 5.75 Å². The van der Waals surface area contributed by atoms with Gasteiger partial charge in [-0.3, -0.25) is 9.79 Å². The molecule has 1 aliphatic rings. The van der Waals surface area contributed by atoms with Crippen LogP contribution < -0.4 is 4.74 Å². The number of carbonyl (C=O) groups is 1. The number of ether oxygens (including phenoxy) is 1. The number of para-hydroxylation sites is 1. The molecule has 3 nitrogen and oxygen atoms in total. The second-order valence-electron chi connectivity index (χ2n) is 4.83. The van der Waals surface area contributed by atoms with E-state index >= 15 is 0 Å². The molecule has 1 aliphatic heterocycles. The number of hydrogen-bond donors (Lipinski definition) is 0. The highest BCUT2D eigenvalue weighted by atomic mass is 16.5. The lowest BCUT2D eigenvalue weighted by molar-refractivity contribution is 0.0960. The van der Waals surface area contributed by atoms with Crippen LogP contribution in [0.1, 0.15) is 22.8 Å². The molecule has 0 amide bonds. The number of aliphatic imine (C=N–C) groups is 1.